The van der Waals surface area contributed by atoms with Crippen molar-refractivity contribution in [3.63, 3.8) is 0 Å². The van der Waals surface area contributed by atoms with Gasteiger partial charge < -0.3 is 10.1 Å². The monoisotopic (exact) mass is 501 g/mol. The fraction of sp³-hybridized carbons (Fsp3) is 0.458. The highest BCUT2D eigenvalue weighted by Gasteiger charge is 2.35. The second kappa shape index (κ2) is 10.5. The molecule has 3 heterocycles. The van der Waals surface area contributed by atoms with E-state index in [9.17, 15) is 23.2 Å². The van der Waals surface area contributed by atoms with Gasteiger partial charge in [0.15, 0.2) is 5.69 Å². The van der Waals surface area contributed by atoms with Crippen molar-refractivity contribution in [1.82, 2.24) is 30.2 Å². The van der Waals surface area contributed by atoms with Crippen LogP contribution in [0.15, 0.2) is 24.3 Å². The molecule has 1 N–H and O–H groups in total. The molecule has 4 rings (SSSR count). The molecule has 1 aliphatic rings. The lowest BCUT2D eigenvalue weighted by atomic mass is 9.94. The zero-order valence-electron chi connectivity index (χ0n) is 20.0. The number of alkyl halides is 3. The first-order valence-electron chi connectivity index (χ1n) is 11.6. The summed E-state index contributed by atoms with van der Waals surface area (Å²) in [4.78, 5) is 17.8. The molecule has 3 aromatic rings. The molecule has 12 heteroatoms. The van der Waals surface area contributed by atoms with Crippen LogP contribution in [0, 0.1) is 17.2 Å². The number of pyridine rings is 1. The number of carbonyl (C=O) groups excluding carboxylic acids is 1. The second-order valence-corrected chi connectivity index (χ2v) is 8.79. The minimum absolute atomic E-state index is 0.00847. The summed E-state index contributed by atoms with van der Waals surface area (Å²) in [6, 6.07) is 7.27. The van der Waals surface area contributed by atoms with Gasteiger partial charge in [-0.1, -0.05) is 5.21 Å². The number of likely N-dealkylation sites (tertiary alicyclic amines) is 1. The quantitative estimate of drug-likeness (QED) is 0.530. The number of benzene rings is 1. The van der Waals surface area contributed by atoms with E-state index in [1.807, 2.05) is 6.07 Å². The molecule has 36 heavy (non-hydrogen) atoms. The Bertz CT molecular complexity index is 1290. The van der Waals surface area contributed by atoms with E-state index in [0.717, 1.165) is 32.0 Å². The summed E-state index contributed by atoms with van der Waals surface area (Å²) in [7, 11) is 3.23. The minimum atomic E-state index is -4.63. The third-order valence-electron chi connectivity index (χ3n) is 6.42. The number of carbonyl (C=O) groups is 1. The Morgan fingerprint density at radius 2 is 2.03 bits per heavy atom. The summed E-state index contributed by atoms with van der Waals surface area (Å²) in [6.07, 6.45) is -2.27. The third kappa shape index (κ3) is 5.57. The van der Waals surface area contributed by atoms with Gasteiger partial charge in [-0.3, -0.25) is 9.69 Å². The largest absolute Gasteiger partial charge is 0.493 e. The van der Waals surface area contributed by atoms with Crippen LogP contribution in [0.2, 0.25) is 0 Å². The van der Waals surface area contributed by atoms with E-state index < -0.39 is 11.7 Å². The van der Waals surface area contributed by atoms with E-state index in [1.165, 1.54) is 16.8 Å². The fourth-order valence-electron chi connectivity index (χ4n) is 4.34. The maximum absolute atomic E-state index is 13.9. The number of halogens is 3. The predicted molar refractivity (Wildman–Crippen MR) is 125 cm³/mol. The number of aromatic nitrogens is 4. The number of nitrogens with one attached hydrogen (secondary N) is 1. The molecule has 1 fully saturated rings. The van der Waals surface area contributed by atoms with Crippen LogP contribution in [0.25, 0.3) is 22.3 Å². The van der Waals surface area contributed by atoms with Crippen LogP contribution >= 0.6 is 0 Å². The van der Waals surface area contributed by atoms with Crippen LogP contribution in [-0.4, -0.2) is 64.1 Å². The van der Waals surface area contributed by atoms with Crippen molar-refractivity contribution >= 4 is 16.9 Å². The number of ether oxygens (including phenoxy) is 1. The zero-order valence-corrected chi connectivity index (χ0v) is 20.0. The van der Waals surface area contributed by atoms with Gasteiger partial charge in [0.2, 0.25) is 5.91 Å². The van der Waals surface area contributed by atoms with Crippen molar-refractivity contribution in [3.8, 4) is 23.1 Å². The van der Waals surface area contributed by atoms with Crippen LogP contribution in [-0.2, 0) is 18.0 Å². The average molecular weight is 502 g/mol. The lowest BCUT2D eigenvalue weighted by Crippen LogP contribution is -2.40. The van der Waals surface area contributed by atoms with Gasteiger partial charge in [-0.05, 0) is 62.5 Å². The Morgan fingerprint density at radius 1 is 1.28 bits per heavy atom. The summed E-state index contributed by atoms with van der Waals surface area (Å²) in [6.45, 7) is 2.06. The van der Waals surface area contributed by atoms with Crippen molar-refractivity contribution < 1.29 is 22.7 Å². The molecule has 190 valence electrons. The van der Waals surface area contributed by atoms with Crippen LogP contribution < -0.4 is 10.1 Å². The molecule has 9 nitrogen and oxygen atoms in total. The van der Waals surface area contributed by atoms with Crippen molar-refractivity contribution in [2.45, 2.75) is 25.4 Å². The Labute approximate surface area is 205 Å². The molecule has 0 aliphatic carbocycles. The first-order chi connectivity index (χ1) is 17.2. The van der Waals surface area contributed by atoms with Crippen LogP contribution in [0.5, 0.6) is 5.75 Å². The van der Waals surface area contributed by atoms with Gasteiger partial charge in [0.25, 0.3) is 0 Å². The molecule has 1 amide bonds. The third-order valence-corrected chi connectivity index (χ3v) is 6.42. The van der Waals surface area contributed by atoms with Crippen molar-refractivity contribution in [1.29, 1.82) is 5.26 Å². The molecule has 0 spiro atoms. The number of hydrogen-bond donors (Lipinski definition) is 1. The summed E-state index contributed by atoms with van der Waals surface area (Å²) in [5.41, 5.74) is 0.295. The van der Waals surface area contributed by atoms with E-state index in [1.54, 1.807) is 20.2 Å². The van der Waals surface area contributed by atoms with E-state index in [-0.39, 0.29) is 35.2 Å². The molecule has 0 atom stereocenters. The highest BCUT2D eigenvalue weighted by molar-refractivity contribution is 5.83. The summed E-state index contributed by atoms with van der Waals surface area (Å²) in [5, 5.41) is 19.8. The highest BCUT2D eigenvalue weighted by atomic mass is 19.4. The van der Waals surface area contributed by atoms with Gasteiger partial charge >= 0.3 is 6.18 Å². The molecule has 1 aliphatic heterocycles. The molecule has 0 unspecified atom stereocenters. The van der Waals surface area contributed by atoms with E-state index in [0.29, 0.717) is 29.9 Å². The lowest BCUT2D eigenvalue weighted by Gasteiger charge is -2.31. The number of hydrogen-bond acceptors (Lipinski definition) is 7. The van der Waals surface area contributed by atoms with Crippen molar-refractivity contribution in [3.05, 3.63) is 35.5 Å². The van der Waals surface area contributed by atoms with E-state index >= 15 is 0 Å². The normalized spacial score (nSPS) is 15.1. The smallest absolute Gasteiger partial charge is 0.419 e. The second-order valence-electron chi connectivity index (χ2n) is 8.79. The Kier molecular flexibility index (Phi) is 7.40. The summed E-state index contributed by atoms with van der Waals surface area (Å²) >= 11 is 0. The molecular weight excluding hydrogens is 475 g/mol. The van der Waals surface area contributed by atoms with Gasteiger partial charge in [-0.2, -0.15) is 18.4 Å². The van der Waals surface area contributed by atoms with E-state index in [2.05, 4.69) is 25.5 Å². The van der Waals surface area contributed by atoms with Crippen LogP contribution in [0.3, 0.4) is 0 Å². The number of piperidine rings is 1. The zero-order chi connectivity index (χ0) is 25.9. The maximum Gasteiger partial charge on any atom is 0.419 e. The van der Waals surface area contributed by atoms with Gasteiger partial charge in [-0.15, -0.1) is 5.10 Å². The topological polar surface area (TPSA) is 109 Å². The Morgan fingerprint density at radius 3 is 2.69 bits per heavy atom. The van der Waals surface area contributed by atoms with Crippen molar-refractivity contribution in [2.75, 3.05) is 33.3 Å². The Hall–Kier alpha value is -3.72. The lowest BCUT2D eigenvalue weighted by molar-refractivity contribution is -0.139. The first-order valence-corrected chi connectivity index (χ1v) is 11.6. The summed E-state index contributed by atoms with van der Waals surface area (Å²) in [5.74, 6) is 0.0512. The van der Waals surface area contributed by atoms with Gasteiger partial charge in [0.05, 0.1) is 29.9 Å². The molecular formula is C24H26F3N7O2. The van der Waals surface area contributed by atoms with Gasteiger partial charge in [0, 0.05) is 19.7 Å². The van der Waals surface area contributed by atoms with Crippen LogP contribution in [0.4, 0.5) is 13.2 Å². The number of fused-ring (bicyclic) bond motifs is 1. The average Bonchev–Trinajstić information content (AvgIpc) is 3.24. The Balaban J connectivity index is 1.47. The number of likely N-dealkylation sites (N-methyl/N-ethyl adjacent to an activating group) is 1. The molecule has 2 aromatic heterocycles. The number of nitrogens with zero attached hydrogens (tertiary/aromatic N) is 6. The molecule has 0 bridgehead atoms. The molecule has 1 aromatic carbocycles. The number of amides is 1. The van der Waals surface area contributed by atoms with Gasteiger partial charge in [-0.25, -0.2) is 9.67 Å². The standard InChI is InChI=1S/C24H26F3N7O2/c1-29-22(35)14-34-8-5-15(6-9-34)7-10-36-21-4-3-16(11-17(21)24(25,26)27)18-12-20-23(19(13-28)30-18)31-32-33(20)2/h3-4,11-12,15H,5-10,14H2,1-2H3,(H,29,35). The molecule has 0 radical (unpaired) electrons. The van der Waals surface area contributed by atoms with Gasteiger partial charge in [0.1, 0.15) is 17.3 Å². The summed E-state index contributed by atoms with van der Waals surface area (Å²) < 4.78 is 48.7. The SMILES string of the molecule is CNC(=O)CN1CCC(CCOc2ccc(-c3cc4c(nnn4C)c(C#N)n3)cc2C(F)(F)F)CC1. The molecule has 0 saturated carbocycles. The minimum Gasteiger partial charge on any atom is -0.493 e. The maximum atomic E-state index is 13.9. The first kappa shape index (κ1) is 25.4. The number of rotatable bonds is 7. The molecule has 1 saturated heterocycles. The predicted octanol–water partition coefficient (Wildman–Crippen LogP) is 3.15. The highest BCUT2D eigenvalue weighted by Crippen LogP contribution is 2.39. The van der Waals surface area contributed by atoms with E-state index in [4.69, 9.17) is 4.74 Å². The number of aryl methyl sites for hydroxylation is 1. The van der Waals surface area contributed by atoms with Crippen LogP contribution in [0.1, 0.15) is 30.5 Å². The fourth-order valence-corrected chi connectivity index (χ4v) is 4.34. The number of nitriles is 1. The van der Waals surface area contributed by atoms with Crippen molar-refractivity contribution in [2.24, 2.45) is 13.0 Å².